The number of nitrogens with one attached hydrogen (secondary N) is 1. The maximum Gasteiger partial charge on any atom is 0.410 e. The number of aliphatic hydroxyl groups is 1. The minimum Gasteiger partial charge on any atom is -0.444 e. The zero-order valence-corrected chi connectivity index (χ0v) is 23.9. The van der Waals surface area contributed by atoms with Gasteiger partial charge in [0.2, 0.25) is 11.8 Å². The fraction of sp³-hybridized carbons (Fsp3) is 0.679. The van der Waals surface area contributed by atoms with Gasteiger partial charge in [-0.2, -0.15) is 0 Å². The van der Waals surface area contributed by atoms with E-state index in [4.69, 9.17) is 16.3 Å². The van der Waals surface area contributed by atoms with Gasteiger partial charge in [-0.05, 0) is 57.2 Å². The Bertz CT molecular complexity index is 1000. The summed E-state index contributed by atoms with van der Waals surface area (Å²) in [7, 11) is 0. The molecule has 0 bridgehead atoms. The standard InChI is InChI=1S/C28H42ClN3O5/c1-18(2)22(30-23(33)19-12-14-31(16-19)25(35)37-26(3,4)5)24(34)32-15-13-28(36,27(6,7)17-32)20-8-10-21(29)11-9-20/h8-11,18-19,22,36H,12-17H2,1-7H3,(H,30,33). The van der Waals surface area contributed by atoms with Crippen LogP contribution in [-0.4, -0.2) is 70.6 Å². The maximum absolute atomic E-state index is 13.6. The van der Waals surface area contributed by atoms with Crippen LogP contribution in [0.5, 0.6) is 0 Å². The van der Waals surface area contributed by atoms with Crippen LogP contribution in [0.2, 0.25) is 5.02 Å². The number of carbonyl (C=O) groups is 3. The van der Waals surface area contributed by atoms with Gasteiger partial charge in [0.05, 0.1) is 11.5 Å². The van der Waals surface area contributed by atoms with Crippen LogP contribution in [0.15, 0.2) is 24.3 Å². The Labute approximate surface area is 225 Å². The first-order valence-corrected chi connectivity index (χ1v) is 13.5. The van der Waals surface area contributed by atoms with Crippen LogP contribution in [-0.2, 0) is 19.9 Å². The molecule has 2 fully saturated rings. The topological polar surface area (TPSA) is 99.2 Å². The third-order valence-corrected chi connectivity index (χ3v) is 7.78. The summed E-state index contributed by atoms with van der Waals surface area (Å²) in [5.74, 6) is -0.905. The molecule has 0 spiro atoms. The molecule has 3 atom stereocenters. The molecule has 37 heavy (non-hydrogen) atoms. The molecule has 1 aromatic rings. The van der Waals surface area contributed by atoms with E-state index in [1.54, 1.807) is 21.9 Å². The zero-order valence-electron chi connectivity index (χ0n) is 23.1. The fourth-order valence-electron chi connectivity index (χ4n) is 5.22. The van der Waals surface area contributed by atoms with Gasteiger partial charge in [0.25, 0.3) is 0 Å². The molecule has 0 aromatic heterocycles. The van der Waals surface area contributed by atoms with Crippen molar-refractivity contribution in [1.82, 2.24) is 15.1 Å². The lowest BCUT2D eigenvalue weighted by Crippen LogP contribution is -2.60. The van der Waals surface area contributed by atoms with Gasteiger partial charge in [0.1, 0.15) is 11.6 Å². The van der Waals surface area contributed by atoms with E-state index in [-0.39, 0.29) is 24.3 Å². The number of ether oxygens (including phenoxy) is 1. The van der Waals surface area contributed by atoms with E-state index in [9.17, 15) is 19.5 Å². The lowest BCUT2D eigenvalue weighted by Gasteiger charge is -2.51. The quantitative estimate of drug-likeness (QED) is 0.589. The van der Waals surface area contributed by atoms with Crippen molar-refractivity contribution in [3.63, 3.8) is 0 Å². The number of hydrogen-bond acceptors (Lipinski definition) is 5. The zero-order chi connectivity index (χ0) is 27.8. The van der Waals surface area contributed by atoms with E-state index in [1.807, 2.05) is 60.6 Å². The number of rotatable bonds is 5. The Morgan fingerprint density at radius 2 is 1.73 bits per heavy atom. The first-order chi connectivity index (χ1) is 17.0. The van der Waals surface area contributed by atoms with Crippen molar-refractivity contribution in [1.29, 1.82) is 0 Å². The molecule has 2 N–H and O–H groups in total. The van der Waals surface area contributed by atoms with Gasteiger partial charge in [-0.15, -0.1) is 0 Å². The Hall–Kier alpha value is -2.32. The first-order valence-electron chi connectivity index (χ1n) is 13.1. The first kappa shape index (κ1) is 29.2. The third kappa shape index (κ3) is 6.58. The summed E-state index contributed by atoms with van der Waals surface area (Å²) < 4.78 is 5.43. The molecule has 1 aromatic carbocycles. The van der Waals surface area contributed by atoms with E-state index in [1.165, 1.54) is 0 Å². The number of halogens is 1. The van der Waals surface area contributed by atoms with Crippen LogP contribution in [0.4, 0.5) is 4.79 Å². The molecular formula is C28H42ClN3O5. The summed E-state index contributed by atoms with van der Waals surface area (Å²) in [6, 6.07) is 6.50. The average Bonchev–Trinajstić information content (AvgIpc) is 3.28. The second-order valence-electron chi connectivity index (χ2n) is 12.4. The summed E-state index contributed by atoms with van der Waals surface area (Å²) in [6.07, 6.45) is 0.470. The van der Waals surface area contributed by atoms with Crippen LogP contribution in [0.1, 0.15) is 66.9 Å². The third-order valence-electron chi connectivity index (χ3n) is 7.52. The Morgan fingerprint density at radius 3 is 2.27 bits per heavy atom. The molecule has 206 valence electrons. The van der Waals surface area contributed by atoms with Gasteiger partial charge in [-0.3, -0.25) is 9.59 Å². The largest absolute Gasteiger partial charge is 0.444 e. The number of likely N-dealkylation sites (tertiary alicyclic amines) is 2. The Kier molecular flexibility index (Phi) is 8.54. The molecule has 0 saturated carbocycles. The molecule has 0 aliphatic carbocycles. The van der Waals surface area contributed by atoms with Crippen molar-refractivity contribution in [3.8, 4) is 0 Å². The van der Waals surface area contributed by atoms with E-state index in [2.05, 4.69) is 5.32 Å². The Balaban J connectivity index is 1.65. The molecule has 3 amide bonds. The minimum absolute atomic E-state index is 0.125. The summed E-state index contributed by atoms with van der Waals surface area (Å²) in [4.78, 5) is 42.4. The Morgan fingerprint density at radius 1 is 1.11 bits per heavy atom. The summed E-state index contributed by atoms with van der Waals surface area (Å²) in [6.45, 7) is 14.6. The predicted molar refractivity (Wildman–Crippen MR) is 143 cm³/mol. The van der Waals surface area contributed by atoms with Crippen LogP contribution in [0, 0.1) is 17.3 Å². The SMILES string of the molecule is CC(C)C(NC(=O)C1CCN(C(=O)OC(C)(C)C)C1)C(=O)N1CCC(O)(c2ccc(Cl)cc2)C(C)(C)C1. The second-order valence-corrected chi connectivity index (χ2v) is 12.8. The normalized spacial score (nSPS) is 24.6. The van der Waals surface area contributed by atoms with Gasteiger partial charge in [0.15, 0.2) is 0 Å². The lowest BCUT2D eigenvalue weighted by molar-refractivity contribution is -0.157. The van der Waals surface area contributed by atoms with Crippen molar-refractivity contribution < 1.29 is 24.2 Å². The molecule has 3 unspecified atom stereocenters. The molecule has 2 saturated heterocycles. The fourth-order valence-corrected chi connectivity index (χ4v) is 5.34. The maximum atomic E-state index is 13.6. The van der Waals surface area contributed by atoms with Crippen molar-refractivity contribution in [2.45, 2.75) is 78.6 Å². The predicted octanol–water partition coefficient (Wildman–Crippen LogP) is 4.18. The summed E-state index contributed by atoms with van der Waals surface area (Å²) in [5, 5.41) is 15.2. The molecule has 2 heterocycles. The molecule has 2 aliphatic rings. The van der Waals surface area contributed by atoms with Gasteiger partial charge in [0, 0.05) is 36.6 Å². The van der Waals surface area contributed by atoms with E-state index >= 15 is 0 Å². The average molecular weight is 536 g/mol. The highest BCUT2D eigenvalue weighted by atomic mass is 35.5. The molecule has 9 heteroatoms. The van der Waals surface area contributed by atoms with Gasteiger partial charge in [-0.25, -0.2) is 4.79 Å². The van der Waals surface area contributed by atoms with E-state index < -0.39 is 34.7 Å². The monoisotopic (exact) mass is 535 g/mol. The van der Waals surface area contributed by atoms with Gasteiger partial charge < -0.3 is 25.0 Å². The van der Waals surface area contributed by atoms with E-state index in [0.29, 0.717) is 37.5 Å². The summed E-state index contributed by atoms with van der Waals surface area (Å²) in [5.41, 5.74) is -1.56. The van der Waals surface area contributed by atoms with Gasteiger partial charge >= 0.3 is 6.09 Å². The number of nitrogens with zero attached hydrogens (tertiary/aromatic N) is 2. The molecule has 0 radical (unpaired) electrons. The van der Waals surface area contributed by atoms with E-state index in [0.717, 1.165) is 5.56 Å². The smallest absolute Gasteiger partial charge is 0.410 e. The number of amides is 3. The second kappa shape index (κ2) is 10.8. The number of carbonyl (C=O) groups excluding carboxylic acids is 3. The number of piperidine rings is 1. The van der Waals surface area contributed by atoms with Crippen molar-refractivity contribution in [2.24, 2.45) is 17.3 Å². The number of benzene rings is 1. The van der Waals surface area contributed by atoms with Crippen LogP contribution >= 0.6 is 11.6 Å². The molecule has 3 rings (SSSR count). The van der Waals surface area contributed by atoms with Crippen LogP contribution in [0.3, 0.4) is 0 Å². The van der Waals surface area contributed by atoms with Crippen LogP contribution in [0.25, 0.3) is 0 Å². The number of hydrogen-bond donors (Lipinski definition) is 2. The molecule has 2 aliphatic heterocycles. The lowest BCUT2D eigenvalue weighted by atomic mass is 9.66. The van der Waals surface area contributed by atoms with Gasteiger partial charge in [-0.1, -0.05) is 51.4 Å². The molecule has 8 nitrogen and oxygen atoms in total. The minimum atomic E-state index is -1.11. The van der Waals surface area contributed by atoms with Crippen LogP contribution < -0.4 is 5.32 Å². The highest BCUT2D eigenvalue weighted by molar-refractivity contribution is 6.30. The summed E-state index contributed by atoms with van der Waals surface area (Å²) >= 11 is 6.04. The van der Waals surface area contributed by atoms with Crippen molar-refractivity contribution in [3.05, 3.63) is 34.9 Å². The highest BCUT2D eigenvalue weighted by Crippen LogP contribution is 2.46. The van der Waals surface area contributed by atoms with Crippen molar-refractivity contribution in [2.75, 3.05) is 26.2 Å². The highest BCUT2D eigenvalue weighted by Gasteiger charge is 2.50. The molecular weight excluding hydrogens is 494 g/mol. The van der Waals surface area contributed by atoms with Crippen molar-refractivity contribution >= 4 is 29.5 Å².